The molecule has 3 atom stereocenters. The lowest BCUT2D eigenvalue weighted by atomic mass is 9.76. The molecule has 1 aromatic carbocycles. The number of methoxy groups -OCH3 is 1. The SMILES string of the molecule is COC1c2ccccc2[C@H]2CN(CC=CCN3C(=O)CC4(CCCC4)CC3=O)C[C@H]12.Cl. The molecule has 2 aliphatic heterocycles. The number of likely N-dealkylation sites (tertiary alicyclic amines) is 2. The topological polar surface area (TPSA) is 49.9 Å². The first-order valence-corrected chi connectivity index (χ1v) is 11.4. The number of ether oxygens (including phenoxy) is 1. The summed E-state index contributed by atoms with van der Waals surface area (Å²) in [6.07, 6.45) is 9.81. The van der Waals surface area contributed by atoms with Gasteiger partial charge in [-0.2, -0.15) is 0 Å². The van der Waals surface area contributed by atoms with Gasteiger partial charge in [0.15, 0.2) is 0 Å². The van der Waals surface area contributed by atoms with E-state index >= 15 is 0 Å². The van der Waals surface area contributed by atoms with Gasteiger partial charge in [0.05, 0.1) is 6.10 Å². The summed E-state index contributed by atoms with van der Waals surface area (Å²) >= 11 is 0. The van der Waals surface area contributed by atoms with Crippen LogP contribution in [0.4, 0.5) is 0 Å². The fourth-order valence-corrected chi connectivity index (χ4v) is 6.46. The Morgan fingerprint density at radius 1 is 1.00 bits per heavy atom. The number of amides is 2. The van der Waals surface area contributed by atoms with E-state index in [9.17, 15) is 9.59 Å². The van der Waals surface area contributed by atoms with Crippen molar-refractivity contribution in [3.63, 3.8) is 0 Å². The standard InChI is InChI=1S/C25H32N2O3.ClH/c1-30-24-19-9-3-2-8-18(19)20-16-26(17-21(20)24)12-6-7-13-27-22(28)14-25(15-23(27)29)10-4-5-11-25;/h2-3,6-9,20-21,24H,4-5,10-17H2,1H3;1H/t20-,21+,24?;/m1./s1. The van der Waals surface area contributed by atoms with Crippen LogP contribution in [0, 0.1) is 11.3 Å². The molecule has 0 aromatic heterocycles. The van der Waals surface area contributed by atoms with Crippen LogP contribution >= 0.6 is 12.4 Å². The molecular formula is C25H33ClN2O3. The van der Waals surface area contributed by atoms with Gasteiger partial charge in [0, 0.05) is 58.0 Å². The second kappa shape index (κ2) is 9.05. The van der Waals surface area contributed by atoms with Crippen LogP contribution in [0.5, 0.6) is 0 Å². The second-order valence-corrected chi connectivity index (χ2v) is 9.70. The molecule has 3 fully saturated rings. The Morgan fingerprint density at radius 3 is 2.32 bits per heavy atom. The third-order valence-electron chi connectivity index (χ3n) is 7.92. The molecule has 0 bridgehead atoms. The van der Waals surface area contributed by atoms with Crippen molar-refractivity contribution in [3.05, 3.63) is 47.5 Å². The molecule has 0 radical (unpaired) electrons. The molecule has 2 aliphatic carbocycles. The summed E-state index contributed by atoms with van der Waals surface area (Å²) in [7, 11) is 1.81. The lowest BCUT2D eigenvalue weighted by Crippen LogP contribution is -2.47. The predicted octanol–water partition coefficient (Wildman–Crippen LogP) is 4.09. The number of hydrogen-bond acceptors (Lipinski definition) is 4. The van der Waals surface area contributed by atoms with E-state index in [0.29, 0.717) is 31.2 Å². The zero-order valence-electron chi connectivity index (χ0n) is 18.3. The van der Waals surface area contributed by atoms with Gasteiger partial charge in [-0.25, -0.2) is 0 Å². The first-order chi connectivity index (χ1) is 14.6. The zero-order valence-corrected chi connectivity index (χ0v) is 19.1. The van der Waals surface area contributed by atoms with Gasteiger partial charge in [0.25, 0.3) is 0 Å². The summed E-state index contributed by atoms with van der Waals surface area (Å²) in [5.41, 5.74) is 2.77. The molecule has 1 unspecified atom stereocenters. The number of nitrogens with zero attached hydrogens (tertiary/aromatic N) is 2. The molecule has 168 valence electrons. The van der Waals surface area contributed by atoms with Crippen molar-refractivity contribution < 1.29 is 14.3 Å². The molecule has 5 rings (SSSR count). The molecule has 6 heteroatoms. The minimum Gasteiger partial charge on any atom is -0.376 e. The Morgan fingerprint density at radius 2 is 1.65 bits per heavy atom. The molecular weight excluding hydrogens is 412 g/mol. The summed E-state index contributed by atoms with van der Waals surface area (Å²) < 4.78 is 5.84. The van der Waals surface area contributed by atoms with Crippen molar-refractivity contribution >= 4 is 24.2 Å². The molecule has 5 nitrogen and oxygen atoms in total. The molecule has 4 aliphatic rings. The van der Waals surface area contributed by atoms with Crippen LogP contribution in [0.25, 0.3) is 0 Å². The lowest BCUT2D eigenvalue weighted by molar-refractivity contribution is -0.152. The van der Waals surface area contributed by atoms with Gasteiger partial charge in [-0.05, 0) is 29.4 Å². The maximum atomic E-state index is 12.6. The van der Waals surface area contributed by atoms with Crippen LogP contribution in [-0.4, -0.2) is 54.9 Å². The number of rotatable bonds is 5. The summed E-state index contributed by atoms with van der Waals surface area (Å²) in [5, 5.41) is 0. The van der Waals surface area contributed by atoms with Gasteiger partial charge in [0.1, 0.15) is 0 Å². The first kappa shape index (κ1) is 22.5. The fraction of sp³-hybridized carbons (Fsp3) is 0.600. The van der Waals surface area contributed by atoms with Gasteiger partial charge >= 0.3 is 0 Å². The third kappa shape index (κ3) is 4.08. The summed E-state index contributed by atoms with van der Waals surface area (Å²) in [6, 6.07) is 8.67. The van der Waals surface area contributed by atoms with E-state index in [2.05, 4.69) is 35.2 Å². The van der Waals surface area contributed by atoms with Crippen molar-refractivity contribution in [2.75, 3.05) is 33.3 Å². The van der Waals surface area contributed by atoms with E-state index in [1.165, 1.54) is 16.0 Å². The van der Waals surface area contributed by atoms with E-state index in [1.807, 2.05) is 13.2 Å². The van der Waals surface area contributed by atoms with Crippen LogP contribution < -0.4 is 0 Å². The van der Waals surface area contributed by atoms with Crippen LogP contribution in [0.2, 0.25) is 0 Å². The Labute approximate surface area is 191 Å². The Hall–Kier alpha value is -1.69. The van der Waals surface area contributed by atoms with Crippen LogP contribution in [0.1, 0.15) is 61.7 Å². The minimum atomic E-state index is -0.0180. The molecule has 1 saturated carbocycles. The normalized spacial score (nSPS) is 29.6. The maximum Gasteiger partial charge on any atom is 0.230 e. The van der Waals surface area contributed by atoms with Crippen molar-refractivity contribution in [1.82, 2.24) is 9.80 Å². The Balaban J connectivity index is 0.00000231. The van der Waals surface area contributed by atoms with Gasteiger partial charge in [-0.1, -0.05) is 49.3 Å². The Bertz CT molecular complexity index is 844. The average Bonchev–Trinajstić information content (AvgIpc) is 3.41. The number of halogens is 1. The van der Waals surface area contributed by atoms with E-state index in [-0.39, 0.29) is 35.7 Å². The zero-order chi connectivity index (χ0) is 20.7. The van der Waals surface area contributed by atoms with Gasteiger partial charge < -0.3 is 4.74 Å². The highest BCUT2D eigenvalue weighted by atomic mass is 35.5. The number of carbonyl (C=O) groups is 2. The number of benzene rings is 1. The van der Waals surface area contributed by atoms with Crippen molar-refractivity contribution in [1.29, 1.82) is 0 Å². The average molecular weight is 445 g/mol. The first-order valence-electron chi connectivity index (χ1n) is 11.4. The number of hydrogen-bond donors (Lipinski definition) is 0. The minimum absolute atomic E-state index is 0. The number of carbonyl (C=O) groups excluding carboxylic acids is 2. The number of fused-ring (bicyclic) bond motifs is 3. The second-order valence-electron chi connectivity index (χ2n) is 9.70. The van der Waals surface area contributed by atoms with E-state index in [4.69, 9.17) is 4.74 Å². The summed E-state index contributed by atoms with van der Waals surface area (Å²) in [6.45, 7) is 3.33. The van der Waals surface area contributed by atoms with Gasteiger partial charge in [0.2, 0.25) is 11.8 Å². The number of imide groups is 1. The predicted molar refractivity (Wildman–Crippen MR) is 122 cm³/mol. The number of piperidine rings is 1. The maximum absolute atomic E-state index is 12.6. The van der Waals surface area contributed by atoms with Crippen molar-refractivity contribution in [3.8, 4) is 0 Å². The van der Waals surface area contributed by atoms with E-state index in [0.717, 1.165) is 45.3 Å². The van der Waals surface area contributed by atoms with E-state index < -0.39 is 0 Å². The highest BCUT2D eigenvalue weighted by molar-refractivity contribution is 5.98. The summed E-state index contributed by atoms with van der Waals surface area (Å²) in [5.74, 6) is 1.09. The fourth-order valence-electron chi connectivity index (χ4n) is 6.46. The van der Waals surface area contributed by atoms with Crippen LogP contribution in [0.15, 0.2) is 36.4 Å². The monoisotopic (exact) mass is 444 g/mol. The van der Waals surface area contributed by atoms with Gasteiger partial charge in [-0.15, -0.1) is 12.4 Å². The lowest BCUT2D eigenvalue weighted by Gasteiger charge is -2.36. The van der Waals surface area contributed by atoms with Gasteiger partial charge in [-0.3, -0.25) is 19.4 Å². The van der Waals surface area contributed by atoms with E-state index in [1.54, 1.807) is 0 Å². The molecule has 31 heavy (non-hydrogen) atoms. The molecule has 1 aromatic rings. The largest absolute Gasteiger partial charge is 0.376 e. The molecule has 2 amide bonds. The third-order valence-corrected chi connectivity index (χ3v) is 7.92. The smallest absolute Gasteiger partial charge is 0.230 e. The molecule has 2 heterocycles. The molecule has 1 spiro atoms. The van der Waals surface area contributed by atoms with Crippen molar-refractivity contribution in [2.45, 2.75) is 50.5 Å². The molecule has 0 N–H and O–H groups in total. The van der Waals surface area contributed by atoms with Crippen LogP contribution in [-0.2, 0) is 14.3 Å². The van der Waals surface area contributed by atoms with Crippen molar-refractivity contribution in [2.24, 2.45) is 11.3 Å². The quantitative estimate of drug-likeness (QED) is 0.507. The summed E-state index contributed by atoms with van der Waals surface area (Å²) in [4.78, 5) is 29.1. The highest BCUT2D eigenvalue weighted by Gasteiger charge is 2.46. The Kier molecular flexibility index (Phi) is 6.57. The molecule has 2 saturated heterocycles. The van der Waals surface area contributed by atoms with Crippen LogP contribution in [0.3, 0.4) is 0 Å². The highest BCUT2D eigenvalue weighted by Crippen LogP contribution is 2.50.